The summed E-state index contributed by atoms with van der Waals surface area (Å²) in [7, 11) is 0. The van der Waals surface area contributed by atoms with Gasteiger partial charge in [-0.3, -0.25) is 4.79 Å². The zero-order valence-electron chi connectivity index (χ0n) is 6.31. The van der Waals surface area contributed by atoms with Gasteiger partial charge >= 0.3 is 0 Å². The van der Waals surface area contributed by atoms with Gasteiger partial charge in [-0.15, -0.1) is 0 Å². The van der Waals surface area contributed by atoms with E-state index in [1.54, 1.807) is 0 Å². The van der Waals surface area contributed by atoms with Gasteiger partial charge in [0, 0.05) is 6.54 Å². The number of carbonyl (C=O) groups is 1. The summed E-state index contributed by atoms with van der Waals surface area (Å²) in [5.74, 6) is 0.229. The zero-order chi connectivity index (χ0) is 7.56. The van der Waals surface area contributed by atoms with Crippen LogP contribution in [0.15, 0.2) is 12.2 Å². The Kier molecular flexibility index (Phi) is 2.10. The van der Waals surface area contributed by atoms with Crippen LogP contribution in [0.2, 0.25) is 0 Å². The van der Waals surface area contributed by atoms with Crippen LogP contribution in [0.5, 0.6) is 0 Å². The first kappa shape index (κ1) is 7.32. The molecular weight excluding hydrogens is 126 g/mol. The quantitative estimate of drug-likeness (QED) is 0.541. The van der Waals surface area contributed by atoms with Crippen LogP contribution < -0.4 is 5.32 Å². The second-order valence-corrected chi connectivity index (χ2v) is 2.83. The highest BCUT2D eigenvalue weighted by atomic mass is 16.1. The minimum absolute atomic E-state index is 0.0775. The monoisotopic (exact) mass is 139 g/mol. The Morgan fingerprint density at radius 3 is 2.90 bits per heavy atom. The van der Waals surface area contributed by atoms with Crippen molar-refractivity contribution in [2.75, 3.05) is 6.54 Å². The average Bonchev–Trinajstić information content (AvgIpc) is 1.88. The highest BCUT2D eigenvalue weighted by Gasteiger charge is 2.21. The standard InChI is InChI=1S/C8H13NO/c1-6(2)7-4-3-5-9-8(7)10/h7H,1,3-5H2,2H3,(H,9,10). The van der Waals surface area contributed by atoms with Crippen molar-refractivity contribution < 1.29 is 4.79 Å². The Morgan fingerprint density at radius 2 is 2.50 bits per heavy atom. The van der Waals surface area contributed by atoms with Crippen molar-refractivity contribution in [3.8, 4) is 0 Å². The molecule has 0 radical (unpaired) electrons. The van der Waals surface area contributed by atoms with E-state index in [2.05, 4.69) is 11.9 Å². The third kappa shape index (κ3) is 1.38. The summed E-state index contributed by atoms with van der Waals surface area (Å²) in [5.41, 5.74) is 0.984. The van der Waals surface area contributed by atoms with E-state index in [0.717, 1.165) is 25.0 Å². The maximum atomic E-state index is 11.1. The normalized spacial score (nSPS) is 25.7. The van der Waals surface area contributed by atoms with E-state index in [9.17, 15) is 4.79 Å². The third-order valence-electron chi connectivity index (χ3n) is 1.88. The van der Waals surface area contributed by atoms with Gasteiger partial charge in [-0.25, -0.2) is 0 Å². The van der Waals surface area contributed by atoms with Crippen LogP contribution in [0.4, 0.5) is 0 Å². The molecule has 1 aliphatic rings. The van der Waals surface area contributed by atoms with Crippen molar-refractivity contribution in [3.05, 3.63) is 12.2 Å². The first-order chi connectivity index (χ1) is 4.72. The predicted octanol–water partition coefficient (Wildman–Crippen LogP) is 1.09. The van der Waals surface area contributed by atoms with Crippen molar-refractivity contribution in [2.45, 2.75) is 19.8 Å². The molecule has 0 aliphatic carbocycles. The van der Waals surface area contributed by atoms with Crippen LogP contribution in [0.1, 0.15) is 19.8 Å². The number of hydrogen-bond acceptors (Lipinski definition) is 1. The summed E-state index contributed by atoms with van der Waals surface area (Å²) >= 11 is 0. The molecule has 10 heavy (non-hydrogen) atoms. The Bertz CT molecular complexity index is 163. The smallest absolute Gasteiger partial charge is 0.227 e. The van der Waals surface area contributed by atoms with E-state index in [-0.39, 0.29) is 11.8 Å². The van der Waals surface area contributed by atoms with Gasteiger partial charge in [-0.2, -0.15) is 0 Å². The number of carbonyl (C=O) groups excluding carboxylic acids is 1. The van der Waals surface area contributed by atoms with Gasteiger partial charge in [0.1, 0.15) is 0 Å². The lowest BCUT2D eigenvalue weighted by molar-refractivity contribution is -0.125. The molecule has 1 aliphatic heterocycles. The molecule has 1 amide bonds. The largest absolute Gasteiger partial charge is 0.356 e. The fourth-order valence-electron chi connectivity index (χ4n) is 1.24. The molecule has 0 aromatic rings. The van der Waals surface area contributed by atoms with Crippen LogP contribution in [0.25, 0.3) is 0 Å². The maximum absolute atomic E-state index is 11.1. The first-order valence-electron chi connectivity index (χ1n) is 3.65. The molecule has 1 saturated heterocycles. The van der Waals surface area contributed by atoms with Crippen molar-refractivity contribution in [3.63, 3.8) is 0 Å². The van der Waals surface area contributed by atoms with Gasteiger partial charge in [0.2, 0.25) is 5.91 Å². The summed E-state index contributed by atoms with van der Waals surface area (Å²) in [5, 5.41) is 2.81. The molecule has 1 rings (SSSR count). The number of rotatable bonds is 1. The molecule has 1 atom stereocenters. The van der Waals surface area contributed by atoms with Crippen LogP contribution >= 0.6 is 0 Å². The summed E-state index contributed by atoms with van der Waals surface area (Å²) in [6.45, 7) is 6.52. The molecular formula is C8H13NO. The molecule has 0 spiro atoms. The maximum Gasteiger partial charge on any atom is 0.227 e. The van der Waals surface area contributed by atoms with Gasteiger partial charge in [-0.1, -0.05) is 12.2 Å². The van der Waals surface area contributed by atoms with E-state index in [1.807, 2.05) is 6.92 Å². The minimum atomic E-state index is 0.0775. The molecule has 1 unspecified atom stereocenters. The molecule has 0 saturated carbocycles. The van der Waals surface area contributed by atoms with Gasteiger partial charge < -0.3 is 5.32 Å². The zero-order valence-corrected chi connectivity index (χ0v) is 6.31. The van der Waals surface area contributed by atoms with Crippen LogP contribution in [-0.4, -0.2) is 12.5 Å². The first-order valence-corrected chi connectivity index (χ1v) is 3.65. The van der Waals surface area contributed by atoms with Crippen molar-refractivity contribution in [1.29, 1.82) is 0 Å². The van der Waals surface area contributed by atoms with E-state index >= 15 is 0 Å². The minimum Gasteiger partial charge on any atom is -0.356 e. The third-order valence-corrected chi connectivity index (χ3v) is 1.88. The second kappa shape index (κ2) is 2.86. The molecule has 56 valence electrons. The van der Waals surface area contributed by atoms with Crippen molar-refractivity contribution in [2.24, 2.45) is 5.92 Å². The van der Waals surface area contributed by atoms with Crippen LogP contribution in [0.3, 0.4) is 0 Å². The van der Waals surface area contributed by atoms with Gasteiger partial charge in [0.15, 0.2) is 0 Å². The van der Waals surface area contributed by atoms with Crippen molar-refractivity contribution >= 4 is 5.91 Å². The van der Waals surface area contributed by atoms with E-state index in [0.29, 0.717) is 0 Å². The lowest BCUT2D eigenvalue weighted by Crippen LogP contribution is -2.36. The summed E-state index contributed by atoms with van der Waals surface area (Å²) in [6.07, 6.45) is 2.06. The fraction of sp³-hybridized carbons (Fsp3) is 0.625. The highest BCUT2D eigenvalue weighted by Crippen LogP contribution is 2.17. The number of amides is 1. The molecule has 2 nitrogen and oxygen atoms in total. The number of nitrogens with one attached hydrogen (secondary N) is 1. The Hall–Kier alpha value is -0.790. The van der Waals surface area contributed by atoms with E-state index in [4.69, 9.17) is 0 Å². The van der Waals surface area contributed by atoms with Gasteiger partial charge in [0.25, 0.3) is 0 Å². The molecule has 1 N–H and O–H groups in total. The molecule has 1 fully saturated rings. The highest BCUT2D eigenvalue weighted by molar-refractivity contribution is 5.81. The lowest BCUT2D eigenvalue weighted by Gasteiger charge is -2.21. The molecule has 0 aromatic carbocycles. The number of piperidine rings is 1. The van der Waals surface area contributed by atoms with Crippen LogP contribution in [0, 0.1) is 5.92 Å². The Morgan fingerprint density at radius 1 is 1.80 bits per heavy atom. The summed E-state index contributed by atoms with van der Waals surface area (Å²) < 4.78 is 0. The van der Waals surface area contributed by atoms with Crippen LogP contribution in [-0.2, 0) is 4.79 Å². The second-order valence-electron chi connectivity index (χ2n) is 2.83. The lowest BCUT2D eigenvalue weighted by atomic mass is 9.93. The summed E-state index contributed by atoms with van der Waals surface area (Å²) in [4.78, 5) is 11.1. The molecule has 0 bridgehead atoms. The fourth-order valence-corrected chi connectivity index (χ4v) is 1.24. The Balaban J connectivity index is 2.56. The van der Waals surface area contributed by atoms with Gasteiger partial charge in [0.05, 0.1) is 5.92 Å². The topological polar surface area (TPSA) is 29.1 Å². The SMILES string of the molecule is C=C(C)C1CCCNC1=O. The molecule has 0 aromatic heterocycles. The van der Waals surface area contributed by atoms with Gasteiger partial charge in [-0.05, 0) is 19.8 Å². The van der Waals surface area contributed by atoms with E-state index < -0.39 is 0 Å². The molecule has 1 heterocycles. The summed E-state index contributed by atoms with van der Waals surface area (Å²) in [6, 6.07) is 0. The van der Waals surface area contributed by atoms with Crippen molar-refractivity contribution in [1.82, 2.24) is 5.32 Å². The Labute approximate surface area is 61.3 Å². The van der Waals surface area contributed by atoms with E-state index in [1.165, 1.54) is 0 Å². The predicted molar refractivity (Wildman–Crippen MR) is 40.5 cm³/mol. The molecule has 2 heteroatoms. The number of hydrogen-bond donors (Lipinski definition) is 1. The average molecular weight is 139 g/mol.